The van der Waals surface area contributed by atoms with Crippen LogP contribution in [0.15, 0.2) is 25.0 Å². The highest BCUT2D eigenvalue weighted by atomic mass is 16.1. The first-order chi connectivity index (χ1) is 4.86. The molecule has 52 valence electrons. The molecule has 0 saturated heterocycles. The summed E-state index contributed by atoms with van der Waals surface area (Å²) < 4.78 is 1.65. The van der Waals surface area contributed by atoms with E-state index >= 15 is 0 Å². The van der Waals surface area contributed by atoms with Crippen molar-refractivity contribution in [2.24, 2.45) is 0 Å². The summed E-state index contributed by atoms with van der Waals surface area (Å²) in [6.07, 6.45) is 5.69. The Hall–Kier alpha value is -1.38. The highest BCUT2D eigenvalue weighted by Gasteiger charge is 1.92. The standard InChI is InChI=1S/C7H8N2O/c1-2-3-9-5-7(6-10)4-8-9/h2,4-6H,1,3H2. The Bertz CT molecular complexity index is 240. The van der Waals surface area contributed by atoms with Gasteiger partial charge in [-0.05, 0) is 0 Å². The molecule has 0 bridgehead atoms. The van der Waals surface area contributed by atoms with Crippen molar-refractivity contribution in [2.75, 3.05) is 0 Å². The van der Waals surface area contributed by atoms with Crippen LogP contribution in [-0.4, -0.2) is 16.1 Å². The maximum atomic E-state index is 10.1. The molecule has 1 aromatic rings. The third-order valence-electron chi connectivity index (χ3n) is 1.11. The fourth-order valence-corrected chi connectivity index (χ4v) is 0.673. The van der Waals surface area contributed by atoms with Crippen LogP contribution < -0.4 is 0 Å². The second kappa shape index (κ2) is 2.96. The molecule has 0 spiro atoms. The van der Waals surface area contributed by atoms with E-state index in [1.807, 2.05) is 0 Å². The molecule has 3 heteroatoms. The molecule has 0 N–H and O–H groups in total. The lowest BCUT2D eigenvalue weighted by molar-refractivity contribution is 0.112. The van der Waals surface area contributed by atoms with Crippen LogP contribution >= 0.6 is 0 Å². The van der Waals surface area contributed by atoms with Crippen molar-refractivity contribution < 1.29 is 4.79 Å². The van der Waals surface area contributed by atoms with Gasteiger partial charge in [-0.25, -0.2) is 0 Å². The van der Waals surface area contributed by atoms with Crippen molar-refractivity contribution in [1.82, 2.24) is 9.78 Å². The van der Waals surface area contributed by atoms with Gasteiger partial charge in [0.25, 0.3) is 0 Å². The van der Waals surface area contributed by atoms with Crippen LogP contribution in [0.2, 0.25) is 0 Å². The van der Waals surface area contributed by atoms with Crippen molar-refractivity contribution in [3.05, 3.63) is 30.6 Å². The molecule has 1 heterocycles. The number of carbonyl (C=O) groups is 1. The van der Waals surface area contributed by atoms with Crippen molar-refractivity contribution in [3.63, 3.8) is 0 Å². The summed E-state index contributed by atoms with van der Waals surface area (Å²) in [5.74, 6) is 0. The monoisotopic (exact) mass is 136 g/mol. The van der Waals surface area contributed by atoms with Gasteiger partial charge in [0.15, 0.2) is 6.29 Å². The van der Waals surface area contributed by atoms with Crippen LogP contribution in [0.5, 0.6) is 0 Å². The predicted octanol–water partition coefficient (Wildman–Crippen LogP) is 0.882. The van der Waals surface area contributed by atoms with Gasteiger partial charge in [-0.1, -0.05) is 6.08 Å². The molecule has 0 unspecified atom stereocenters. The number of hydrogen-bond acceptors (Lipinski definition) is 2. The highest BCUT2D eigenvalue weighted by molar-refractivity contribution is 5.73. The van der Waals surface area contributed by atoms with Crippen molar-refractivity contribution in [1.29, 1.82) is 0 Å². The number of carbonyl (C=O) groups excluding carboxylic acids is 1. The van der Waals surface area contributed by atoms with Gasteiger partial charge in [0.2, 0.25) is 0 Å². The molecular formula is C7H8N2O. The number of allylic oxidation sites excluding steroid dienone is 1. The minimum absolute atomic E-state index is 0.599. The molecule has 1 rings (SSSR count). The molecule has 0 radical (unpaired) electrons. The number of rotatable bonds is 3. The van der Waals surface area contributed by atoms with E-state index < -0.39 is 0 Å². The molecule has 0 aliphatic heterocycles. The quantitative estimate of drug-likeness (QED) is 0.456. The van der Waals surface area contributed by atoms with E-state index in [0.29, 0.717) is 12.1 Å². The first-order valence-corrected chi connectivity index (χ1v) is 2.95. The van der Waals surface area contributed by atoms with Gasteiger partial charge < -0.3 is 0 Å². The van der Waals surface area contributed by atoms with Crippen LogP contribution in [0.4, 0.5) is 0 Å². The first kappa shape index (κ1) is 6.74. The Kier molecular flexibility index (Phi) is 1.99. The maximum Gasteiger partial charge on any atom is 0.153 e. The summed E-state index contributed by atoms with van der Waals surface area (Å²) in [6.45, 7) is 4.19. The van der Waals surface area contributed by atoms with E-state index in [1.54, 1.807) is 17.0 Å². The SMILES string of the molecule is C=CCn1cc(C=O)cn1. The van der Waals surface area contributed by atoms with Gasteiger partial charge in [-0.3, -0.25) is 9.48 Å². The summed E-state index contributed by atoms with van der Waals surface area (Å²) >= 11 is 0. The minimum atomic E-state index is 0.599. The topological polar surface area (TPSA) is 34.9 Å². The molecular weight excluding hydrogens is 128 g/mol. The normalized spacial score (nSPS) is 9.20. The van der Waals surface area contributed by atoms with E-state index in [9.17, 15) is 4.79 Å². The van der Waals surface area contributed by atoms with E-state index in [2.05, 4.69) is 11.7 Å². The van der Waals surface area contributed by atoms with Crippen LogP contribution in [0.3, 0.4) is 0 Å². The van der Waals surface area contributed by atoms with Gasteiger partial charge in [0.1, 0.15) is 0 Å². The lowest BCUT2D eigenvalue weighted by Crippen LogP contribution is -1.93. The lowest BCUT2D eigenvalue weighted by Gasteiger charge is -1.90. The van der Waals surface area contributed by atoms with E-state index in [4.69, 9.17) is 0 Å². The van der Waals surface area contributed by atoms with Gasteiger partial charge in [-0.2, -0.15) is 5.10 Å². The highest BCUT2D eigenvalue weighted by Crippen LogP contribution is 1.92. The van der Waals surface area contributed by atoms with Crippen LogP contribution in [-0.2, 0) is 6.54 Å². The Morgan fingerprint density at radius 3 is 3.10 bits per heavy atom. The summed E-state index contributed by atoms with van der Waals surface area (Å²) in [7, 11) is 0. The molecule has 1 aromatic heterocycles. The van der Waals surface area contributed by atoms with E-state index in [1.165, 1.54) is 6.20 Å². The number of aldehydes is 1. The molecule has 0 saturated carbocycles. The average Bonchev–Trinajstić information content (AvgIpc) is 2.37. The van der Waals surface area contributed by atoms with Crippen LogP contribution in [0.1, 0.15) is 10.4 Å². The third-order valence-corrected chi connectivity index (χ3v) is 1.11. The Labute approximate surface area is 59.0 Å². The zero-order chi connectivity index (χ0) is 7.40. The van der Waals surface area contributed by atoms with Crippen molar-refractivity contribution >= 4 is 6.29 Å². The van der Waals surface area contributed by atoms with E-state index in [-0.39, 0.29) is 0 Å². The molecule has 0 fully saturated rings. The zero-order valence-electron chi connectivity index (χ0n) is 5.53. The third kappa shape index (κ3) is 1.31. The van der Waals surface area contributed by atoms with Crippen molar-refractivity contribution in [2.45, 2.75) is 6.54 Å². The lowest BCUT2D eigenvalue weighted by atomic mass is 10.4. The van der Waals surface area contributed by atoms with E-state index in [0.717, 1.165) is 6.29 Å². The second-order valence-corrected chi connectivity index (χ2v) is 1.90. The summed E-state index contributed by atoms with van der Waals surface area (Å²) in [6, 6.07) is 0. The molecule has 3 nitrogen and oxygen atoms in total. The molecule has 0 atom stereocenters. The molecule has 10 heavy (non-hydrogen) atoms. The fourth-order valence-electron chi connectivity index (χ4n) is 0.673. The van der Waals surface area contributed by atoms with Gasteiger partial charge >= 0.3 is 0 Å². The van der Waals surface area contributed by atoms with Crippen LogP contribution in [0, 0.1) is 0 Å². The molecule has 0 aliphatic rings. The smallest absolute Gasteiger partial charge is 0.153 e. The summed E-state index contributed by atoms with van der Waals surface area (Å²) in [5, 5.41) is 3.89. The summed E-state index contributed by atoms with van der Waals surface area (Å²) in [4.78, 5) is 10.1. The Morgan fingerprint density at radius 1 is 1.80 bits per heavy atom. The van der Waals surface area contributed by atoms with Gasteiger partial charge in [0, 0.05) is 6.20 Å². The Morgan fingerprint density at radius 2 is 2.60 bits per heavy atom. The molecule has 0 amide bonds. The number of hydrogen-bond donors (Lipinski definition) is 0. The Balaban J connectivity index is 2.77. The number of aromatic nitrogens is 2. The average molecular weight is 136 g/mol. The zero-order valence-corrected chi connectivity index (χ0v) is 5.53. The minimum Gasteiger partial charge on any atom is -0.298 e. The maximum absolute atomic E-state index is 10.1. The second-order valence-electron chi connectivity index (χ2n) is 1.90. The van der Waals surface area contributed by atoms with Gasteiger partial charge in [0.05, 0.1) is 18.3 Å². The van der Waals surface area contributed by atoms with Crippen molar-refractivity contribution in [3.8, 4) is 0 Å². The largest absolute Gasteiger partial charge is 0.298 e. The van der Waals surface area contributed by atoms with Crippen LogP contribution in [0.25, 0.3) is 0 Å². The first-order valence-electron chi connectivity index (χ1n) is 2.95. The number of nitrogens with zero attached hydrogens (tertiary/aromatic N) is 2. The molecule has 0 aliphatic carbocycles. The predicted molar refractivity (Wildman–Crippen MR) is 37.8 cm³/mol. The molecule has 0 aromatic carbocycles. The fraction of sp³-hybridized carbons (Fsp3) is 0.143. The van der Waals surface area contributed by atoms with Gasteiger partial charge in [-0.15, -0.1) is 6.58 Å². The summed E-state index contributed by atoms with van der Waals surface area (Å²) in [5.41, 5.74) is 0.599.